The number of nitrogens with zero attached hydrogens (tertiary/aromatic N) is 3. The number of rotatable bonds is 5. The molecule has 5 heteroatoms. The fourth-order valence-corrected chi connectivity index (χ4v) is 1.61. The highest BCUT2D eigenvalue weighted by atomic mass is 16.5. The van der Waals surface area contributed by atoms with Crippen LogP contribution in [-0.4, -0.2) is 21.7 Å². The van der Waals surface area contributed by atoms with Gasteiger partial charge >= 0.3 is 0 Å². The molecule has 0 atom stereocenters. The third kappa shape index (κ3) is 2.68. The molecule has 0 bridgehead atoms. The van der Waals surface area contributed by atoms with E-state index in [0.29, 0.717) is 5.76 Å². The van der Waals surface area contributed by atoms with Gasteiger partial charge in [0.15, 0.2) is 5.76 Å². The topological polar surface area (TPSA) is 63.8 Å². The Balaban J connectivity index is 2.22. The molecule has 0 spiro atoms. The van der Waals surface area contributed by atoms with Gasteiger partial charge in [-0.15, -0.1) is 0 Å². The normalized spacial score (nSPS) is 10.7. The average Bonchev–Trinajstić information content (AvgIpc) is 2.78. The molecule has 0 aliphatic carbocycles. The van der Waals surface area contributed by atoms with E-state index in [-0.39, 0.29) is 0 Å². The summed E-state index contributed by atoms with van der Waals surface area (Å²) in [4.78, 5) is 8.49. The summed E-state index contributed by atoms with van der Waals surface area (Å²) in [6.45, 7) is 5.76. The van der Waals surface area contributed by atoms with E-state index in [1.54, 1.807) is 18.6 Å². The van der Waals surface area contributed by atoms with Gasteiger partial charge in [0.2, 0.25) is 0 Å². The molecule has 90 valence electrons. The Hall–Kier alpha value is -1.75. The molecular formula is C12H16N4O. The Bertz CT molecular complexity index is 481. The SMILES string of the molecule is CCCNCc1cnoc1-c1nccnc1C. The van der Waals surface area contributed by atoms with Crippen LogP contribution in [0.15, 0.2) is 23.1 Å². The Morgan fingerprint density at radius 3 is 2.88 bits per heavy atom. The highest BCUT2D eigenvalue weighted by Crippen LogP contribution is 2.23. The van der Waals surface area contributed by atoms with Crippen molar-refractivity contribution >= 4 is 0 Å². The van der Waals surface area contributed by atoms with Crippen LogP contribution in [0.4, 0.5) is 0 Å². The van der Waals surface area contributed by atoms with E-state index < -0.39 is 0 Å². The first kappa shape index (κ1) is 11.7. The van der Waals surface area contributed by atoms with Gasteiger partial charge in [-0.25, -0.2) is 4.98 Å². The fraction of sp³-hybridized carbons (Fsp3) is 0.417. The van der Waals surface area contributed by atoms with Crippen LogP contribution in [0.1, 0.15) is 24.6 Å². The molecule has 0 fully saturated rings. The Morgan fingerprint density at radius 1 is 1.29 bits per heavy atom. The van der Waals surface area contributed by atoms with Crippen molar-refractivity contribution in [3.05, 3.63) is 29.8 Å². The zero-order valence-electron chi connectivity index (χ0n) is 10.1. The molecule has 0 unspecified atom stereocenters. The molecule has 2 aromatic rings. The van der Waals surface area contributed by atoms with E-state index in [4.69, 9.17) is 4.52 Å². The first-order valence-corrected chi connectivity index (χ1v) is 5.75. The molecule has 0 aliphatic heterocycles. The first-order chi connectivity index (χ1) is 8.33. The lowest BCUT2D eigenvalue weighted by atomic mass is 10.2. The van der Waals surface area contributed by atoms with Gasteiger partial charge in [0.25, 0.3) is 0 Å². The molecule has 0 radical (unpaired) electrons. The van der Waals surface area contributed by atoms with E-state index in [2.05, 4.69) is 27.4 Å². The van der Waals surface area contributed by atoms with Gasteiger partial charge < -0.3 is 9.84 Å². The predicted octanol–water partition coefficient (Wildman–Crippen LogP) is 1.94. The lowest BCUT2D eigenvalue weighted by Crippen LogP contribution is -2.13. The summed E-state index contributed by atoms with van der Waals surface area (Å²) in [6.07, 6.45) is 6.16. The minimum absolute atomic E-state index is 0.708. The Kier molecular flexibility index (Phi) is 3.82. The molecule has 0 saturated heterocycles. The van der Waals surface area contributed by atoms with Crippen LogP contribution in [0.2, 0.25) is 0 Å². The van der Waals surface area contributed by atoms with Crippen molar-refractivity contribution in [2.75, 3.05) is 6.54 Å². The van der Waals surface area contributed by atoms with Crippen LogP contribution in [0.5, 0.6) is 0 Å². The summed E-state index contributed by atoms with van der Waals surface area (Å²) >= 11 is 0. The van der Waals surface area contributed by atoms with Crippen molar-refractivity contribution < 1.29 is 4.52 Å². The zero-order valence-corrected chi connectivity index (χ0v) is 10.1. The Morgan fingerprint density at radius 2 is 2.12 bits per heavy atom. The van der Waals surface area contributed by atoms with Crippen LogP contribution in [0, 0.1) is 6.92 Å². The van der Waals surface area contributed by atoms with Crippen LogP contribution < -0.4 is 5.32 Å². The maximum absolute atomic E-state index is 5.27. The van der Waals surface area contributed by atoms with Crippen molar-refractivity contribution in [2.45, 2.75) is 26.8 Å². The zero-order chi connectivity index (χ0) is 12.1. The third-order valence-electron chi connectivity index (χ3n) is 2.48. The van der Waals surface area contributed by atoms with Gasteiger partial charge in [-0.3, -0.25) is 4.98 Å². The predicted molar refractivity (Wildman–Crippen MR) is 64.3 cm³/mol. The minimum Gasteiger partial charge on any atom is -0.354 e. The van der Waals surface area contributed by atoms with Gasteiger partial charge in [0, 0.05) is 24.5 Å². The molecule has 5 nitrogen and oxygen atoms in total. The summed E-state index contributed by atoms with van der Waals surface area (Å²) in [5.41, 5.74) is 2.63. The molecule has 0 saturated carbocycles. The second-order valence-corrected chi connectivity index (χ2v) is 3.85. The van der Waals surface area contributed by atoms with Crippen molar-refractivity contribution in [2.24, 2.45) is 0 Å². The number of nitrogens with one attached hydrogen (secondary N) is 1. The molecule has 0 amide bonds. The van der Waals surface area contributed by atoms with Crippen molar-refractivity contribution in [1.82, 2.24) is 20.4 Å². The molecule has 0 aliphatic rings. The quantitative estimate of drug-likeness (QED) is 0.798. The number of aryl methyl sites for hydroxylation is 1. The highest BCUT2D eigenvalue weighted by molar-refractivity contribution is 5.58. The average molecular weight is 232 g/mol. The number of hydrogen-bond acceptors (Lipinski definition) is 5. The van der Waals surface area contributed by atoms with Crippen LogP contribution >= 0.6 is 0 Å². The van der Waals surface area contributed by atoms with Crippen LogP contribution in [0.3, 0.4) is 0 Å². The second kappa shape index (κ2) is 5.54. The van der Waals surface area contributed by atoms with E-state index in [9.17, 15) is 0 Å². The number of aromatic nitrogens is 3. The van der Waals surface area contributed by atoms with Gasteiger partial charge in [-0.2, -0.15) is 0 Å². The van der Waals surface area contributed by atoms with Gasteiger partial charge in [-0.05, 0) is 19.9 Å². The van der Waals surface area contributed by atoms with E-state index >= 15 is 0 Å². The lowest BCUT2D eigenvalue weighted by Gasteiger charge is -2.03. The molecule has 0 aromatic carbocycles. The van der Waals surface area contributed by atoms with Gasteiger partial charge in [0.05, 0.1) is 11.9 Å². The monoisotopic (exact) mass is 232 g/mol. The minimum atomic E-state index is 0.708. The molecule has 2 rings (SSSR count). The standard InChI is InChI=1S/C12H16N4O/c1-3-4-13-7-10-8-16-17-12(10)11-9(2)14-5-6-15-11/h5-6,8,13H,3-4,7H2,1-2H3. The van der Waals surface area contributed by atoms with Crippen molar-refractivity contribution in [3.8, 4) is 11.5 Å². The van der Waals surface area contributed by atoms with E-state index in [1.165, 1.54) is 0 Å². The largest absolute Gasteiger partial charge is 0.354 e. The van der Waals surface area contributed by atoms with Gasteiger partial charge in [0.1, 0.15) is 5.69 Å². The van der Waals surface area contributed by atoms with Crippen LogP contribution in [0.25, 0.3) is 11.5 Å². The highest BCUT2D eigenvalue weighted by Gasteiger charge is 2.14. The van der Waals surface area contributed by atoms with Gasteiger partial charge in [-0.1, -0.05) is 12.1 Å². The molecule has 17 heavy (non-hydrogen) atoms. The van der Waals surface area contributed by atoms with Crippen molar-refractivity contribution in [1.29, 1.82) is 0 Å². The maximum atomic E-state index is 5.27. The maximum Gasteiger partial charge on any atom is 0.191 e. The van der Waals surface area contributed by atoms with E-state index in [0.717, 1.165) is 36.5 Å². The number of hydrogen-bond donors (Lipinski definition) is 1. The molecule has 2 heterocycles. The smallest absolute Gasteiger partial charge is 0.191 e. The molecule has 2 aromatic heterocycles. The van der Waals surface area contributed by atoms with E-state index in [1.807, 2.05) is 6.92 Å². The molecule has 1 N–H and O–H groups in total. The Labute approximate surface area is 100 Å². The third-order valence-corrected chi connectivity index (χ3v) is 2.48. The fourth-order valence-electron chi connectivity index (χ4n) is 1.61. The summed E-state index contributed by atoms with van der Waals surface area (Å²) in [5, 5.41) is 7.15. The van der Waals surface area contributed by atoms with Crippen LogP contribution in [-0.2, 0) is 6.54 Å². The first-order valence-electron chi connectivity index (χ1n) is 5.75. The summed E-state index contributed by atoms with van der Waals surface area (Å²) in [5.74, 6) is 0.708. The second-order valence-electron chi connectivity index (χ2n) is 3.85. The summed E-state index contributed by atoms with van der Waals surface area (Å²) in [6, 6.07) is 0. The summed E-state index contributed by atoms with van der Waals surface area (Å²) < 4.78 is 5.27. The molecular weight excluding hydrogens is 216 g/mol. The van der Waals surface area contributed by atoms with Crippen molar-refractivity contribution in [3.63, 3.8) is 0 Å². The summed E-state index contributed by atoms with van der Waals surface area (Å²) in [7, 11) is 0. The lowest BCUT2D eigenvalue weighted by molar-refractivity contribution is 0.429.